The molecule has 0 bridgehead atoms. The first-order valence-corrected chi connectivity index (χ1v) is 10.3. The summed E-state index contributed by atoms with van der Waals surface area (Å²) in [5.41, 5.74) is 6.01. The lowest BCUT2D eigenvalue weighted by Gasteiger charge is -2.21. The molecular weight excluding hydrogens is 346 g/mol. The van der Waals surface area contributed by atoms with Gasteiger partial charge in [-0.1, -0.05) is 65.0 Å². The third kappa shape index (κ3) is 3.06. The van der Waals surface area contributed by atoms with Gasteiger partial charge in [0, 0.05) is 33.3 Å². The van der Waals surface area contributed by atoms with Gasteiger partial charge in [-0.2, -0.15) is 0 Å². The summed E-state index contributed by atoms with van der Waals surface area (Å²) >= 11 is 1.87. The van der Waals surface area contributed by atoms with E-state index in [1.54, 1.807) is 0 Å². The van der Waals surface area contributed by atoms with Crippen LogP contribution in [0, 0.1) is 6.92 Å². The van der Waals surface area contributed by atoms with Crippen molar-refractivity contribution in [1.82, 2.24) is 4.98 Å². The molecule has 2 heterocycles. The third-order valence-corrected chi connectivity index (χ3v) is 6.71. The lowest BCUT2D eigenvalue weighted by Crippen LogP contribution is -2.12. The molecule has 2 heteroatoms. The molecule has 4 aromatic rings. The average molecular weight is 375 g/mol. The van der Waals surface area contributed by atoms with Gasteiger partial charge >= 0.3 is 0 Å². The highest BCUT2D eigenvalue weighted by Gasteiger charge is 2.20. The maximum Gasteiger partial charge on any atom is 0.0719 e. The quantitative estimate of drug-likeness (QED) is 0.348. The highest BCUT2D eigenvalue weighted by atomic mass is 32.1. The predicted molar refractivity (Wildman–Crippen MR) is 120 cm³/mol. The monoisotopic (exact) mass is 374 g/mol. The fraction of sp³-hybridized carbons (Fsp3) is 0.320. The molecule has 0 saturated carbocycles. The number of pyridine rings is 1. The molecule has 138 valence electrons. The van der Waals surface area contributed by atoms with Gasteiger partial charge in [0.15, 0.2) is 0 Å². The van der Waals surface area contributed by atoms with E-state index in [9.17, 15) is 0 Å². The molecule has 0 aliphatic rings. The lowest BCUT2D eigenvalue weighted by molar-refractivity contribution is 0.587. The minimum absolute atomic E-state index is 0.132. The largest absolute Gasteiger partial charge is 0.256 e. The van der Waals surface area contributed by atoms with E-state index in [4.69, 9.17) is 1.37 Å². The minimum atomic E-state index is -0.635. The summed E-state index contributed by atoms with van der Waals surface area (Å²) in [6.07, 6.45) is 1.83. The summed E-state index contributed by atoms with van der Waals surface area (Å²) in [4.78, 5) is 4.65. The summed E-state index contributed by atoms with van der Waals surface area (Å²) in [7, 11) is 0. The molecule has 0 saturated heterocycles. The van der Waals surface area contributed by atoms with Crippen LogP contribution in [0.25, 0.3) is 31.4 Å². The van der Waals surface area contributed by atoms with E-state index in [0.29, 0.717) is 0 Å². The first-order chi connectivity index (χ1) is 13.1. The Morgan fingerprint density at radius 3 is 2.44 bits per heavy atom. The van der Waals surface area contributed by atoms with Gasteiger partial charge in [0.1, 0.15) is 0 Å². The standard InChI is InChI=1S/C25H27NS/c1-15(2)17-12-13-26-22(14-17)20-9-7-8-18-19-10-11-21(25(4,5)6)16(3)23(19)27-24(18)20/h7-15H,1-6H3/i15D. The van der Waals surface area contributed by atoms with Crippen molar-refractivity contribution < 1.29 is 1.37 Å². The van der Waals surface area contributed by atoms with Crippen LogP contribution < -0.4 is 0 Å². The third-order valence-electron chi connectivity index (χ3n) is 5.34. The molecule has 0 aliphatic heterocycles. The highest BCUT2D eigenvalue weighted by Crippen LogP contribution is 2.43. The first-order valence-electron chi connectivity index (χ1n) is 9.99. The Morgan fingerprint density at radius 1 is 1.00 bits per heavy atom. The minimum Gasteiger partial charge on any atom is -0.256 e. The van der Waals surface area contributed by atoms with E-state index < -0.39 is 5.89 Å². The van der Waals surface area contributed by atoms with E-state index in [1.165, 1.54) is 31.3 Å². The van der Waals surface area contributed by atoms with Crippen LogP contribution in [0.1, 0.15) is 58.6 Å². The van der Waals surface area contributed by atoms with Crippen LogP contribution in [0.4, 0.5) is 0 Å². The molecule has 2 aromatic heterocycles. The van der Waals surface area contributed by atoms with Gasteiger partial charge in [0.2, 0.25) is 0 Å². The smallest absolute Gasteiger partial charge is 0.0719 e. The van der Waals surface area contributed by atoms with Gasteiger partial charge in [-0.05, 0) is 47.1 Å². The number of fused-ring (bicyclic) bond motifs is 3. The zero-order chi connectivity index (χ0) is 20.3. The van der Waals surface area contributed by atoms with Crippen LogP contribution >= 0.6 is 11.3 Å². The maximum absolute atomic E-state index is 8.37. The second-order valence-corrected chi connectivity index (χ2v) is 9.60. The number of thiophene rings is 1. The van der Waals surface area contributed by atoms with E-state index in [2.05, 4.69) is 69.1 Å². The molecule has 1 nitrogen and oxygen atoms in total. The van der Waals surface area contributed by atoms with Crippen molar-refractivity contribution in [3.05, 3.63) is 65.4 Å². The first kappa shape index (κ1) is 16.9. The molecule has 0 radical (unpaired) electrons. The lowest BCUT2D eigenvalue weighted by atomic mass is 9.83. The molecule has 0 atom stereocenters. The summed E-state index contributed by atoms with van der Waals surface area (Å²) in [6.45, 7) is 12.9. The molecule has 4 rings (SSSR count). The van der Waals surface area contributed by atoms with Gasteiger partial charge in [-0.15, -0.1) is 11.3 Å². The molecule has 27 heavy (non-hydrogen) atoms. The van der Waals surface area contributed by atoms with Crippen LogP contribution in [-0.4, -0.2) is 4.98 Å². The molecule has 0 fully saturated rings. The number of nitrogens with zero attached hydrogens (tertiary/aromatic N) is 1. The average Bonchev–Trinajstić information content (AvgIpc) is 3.00. The Morgan fingerprint density at radius 2 is 1.74 bits per heavy atom. The summed E-state index contributed by atoms with van der Waals surface area (Å²) in [5.74, 6) is -0.635. The van der Waals surface area contributed by atoms with Crippen LogP contribution in [-0.2, 0) is 5.41 Å². The van der Waals surface area contributed by atoms with Crippen molar-refractivity contribution in [3.63, 3.8) is 0 Å². The maximum atomic E-state index is 8.37. The van der Waals surface area contributed by atoms with E-state index in [-0.39, 0.29) is 5.41 Å². The van der Waals surface area contributed by atoms with Crippen LogP contribution in [0.3, 0.4) is 0 Å². The fourth-order valence-electron chi connectivity index (χ4n) is 3.90. The summed E-state index contributed by atoms with van der Waals surface area (Å²) in [5, 5.41) is 2.61. The summed E-state index contributed by atoms with van der Waals surface area (Å²) in [6, 6.07) is 15.1. The molecular formula is C25H27NS. The normalized spacial score (nSPS) is 13.3. The molecule has 0 unspecified atom stereocenters. The number of aryl methyl sites for hydroxylation is 1. The Hall–Kier alpha value is -2.19. The zero-order valence-corrected chi connectivity index (χ0v) is 17.8. The summed E-state index contributed by atoms with van der Waals surface area (Å²) < 4.78 is 11.0. The molecule has 0 spiro atoms. The van der Waals surface area contributed by atoms with Crippen LogP contribution in [0.5, 0.6) is 0 Å². The van der Waals surface area contributed by atoms with Crippen LogP contribution in [0.2, 0.25) is 0 Å². The van der Waals surface area contributed by atoms with Gasteiger partial charge in [0.25, 0.3) is 0 Å². The second kappa shape index (κ2) is 6.45. The number of hydrogen-bond donors (Lipinski definition) is 0. The van der Waals surface area contributed by atoms with Gasteiger partial charge in [0.05, 0.1) is 5.69 Å². The van der Waals surface area contributed by atoms with E-state index in [1.807, 2.05) is 37.4 Å². The number of hydrogen-bond acceptors (Lipinski definition) is 2. The van der Waals surface area contributed by atoms with Crippen molar-refractivity contribution in [1.29, 1.82) is 0 Å². The second-order valence-electron chi connectivity index (χ2n) is 8.58. The number of rotatable bonds is 2. The highest BCUT2D eigenvalue weighted by molar-refractivity contribution is 7.26. The zero-order valence-electron chi connectivity index (χ0n) is 18.0. The van der Waals surface area contributed by atoms with Crippen molar-refractivity contribution in [2.45, 2.75) is 52.9 Å². The molecule has 0 amide bonds. The Bertz CT molecular complexity index is 1190. The van der Waals surface area contributed by atoms with Crippen molar-refractivity contribution in [3.8, 4) is 11.3 Å². The number of aromatic nitrogens is 1. The number of benzene rings is 2. The Kier molecular flexibility index (Phi) is 4.05. The SMILES string of the molecule is [2H]C(C)(C)c1ccnc(-c2cccc3c2sc2c(C)c(C(C)(C)C)ccc23)c1. The van der Waals surface area contributed by atoms with Crippen molar-refractivity contribution in [2.75, 3.05) is 0 Å². The Labute approximate surface area is 167 Å². The Balaban J connectivity index is 2.00. The van der Waals surface area contributed by atoms with Crippen molar-refractivity contribution in [2.24, 2.45) is 0 Å². The van der Waals surface area contributed by atoms with Gasteiger partial charge in [-0.3, -0.25) is 4.98 Å². The molecule has 2 aromatic carbocycles. The predicted octanol–water partition coefficient (Wildman–Crippen LogP) is 7.85. The van der Waals surface area contributed by atoms with Gasteiger partial charge < -0.3 is 0 Å². The molecule has 0 N–H and O–H groups in total. The van der Waals surface area contributed by atoms with E-state index >= 15 is 0 Å². The fourth-order valence-corrected chi connectivity index (χ4v) is 5.23. The van der Waals surface area contributed by atoms with Crippen molar-refractivity contribution >= 4 is 31.5 Å². The van der Waals surface area contributed by atoms with E-state index in [0.717, 1.165) is 16.8 Å². The van der Waals surface area contributed by atoms with Gasteiger partial charge in [-0.25, -0.2) is 0 Å². The van der Waals surface area contributed by atoms with Crippen LogP contribution in [0.15, 0.2) is 48.7 Å². The topological polar surface area (TPSA) is 12.9 Å². The molecule has 0 aliphatic carbocycles.